The number of fused-ring (bicyclic) bond motifs is 1. The van der Waals surface area contributed by atoms with Gasteiger partial charge in [0.1, 0.15) is 11.9 Å². The Morgan fingerprint density at radius 3 is 2.76 bits per heavy atom. The van der Waals surface area contributed by atoms with Crippen molar-refractivity contribution >= 4 is 22.4 Å². The zero-order chi connectivity index (χ0) is 22.6. The molecule has 0 bridgehead atoms. The van der Waals surface area contributed by atoms with Crippen LogP contribution in [0.3, 0.4) is 0 Å². The predicted octanol–water partition coefficient (Wildman–Crippen LogP) is 2.92. The molecule has 2 atom stereocenters. The maximum Gasteiger partial charge on any atom is 0.128 e. The first kappa shape index (κ1) is 21.6. The van der Waals surface area contributed by atoms with E-state index in [9.17, 15) is 5.26 Å². The van der Waals surface area contributed by atoms with E-state index in [2.05, 4.69) is 62.7 Å². The lowest BCUT2D eigenvalue weighted by Gasteiger charge is -2.39. The van der Waals surface area contributed by atoms with Gasteiger partial charge in [-0.25, -0.2) is 4.98 Å². The van der Waals surface area contributed by atoms with Gasteiger partial charge in [0.2, 0.25) is 0 Å². The molecule has 0 saturated carbocycles. The predicted molar refractivity (Wildman–Crippen MR) is 132 cm³/mol. The minimum absolute atomic E-state index is 0.393. The summed E-state index contributed by atoms with van der Waals surface area (Å²) >= 11 is 0. The van der Waals surface area contributed by atoms with E-state index in [0.717, 1.165) is 74.6 Å². The molecule has 7 nitrogen and oxygen atoms in total. The Morgan fingerprint density at radius 1 is 1.09 bits per heavy atom. The first-order chi connectivity index (χ1) is 16.2. The second-order valence-corrected chi connectivity index (χ2v) is 9.23. The van der Waals surface area contributed by atoms with Gasteiger partial charge in [0, 0.05) is 75.3 Å². The molecule has 7 heteroatoms. The third kappa shape index (κ3) is 4.77. The minimum Gasteiger partial charge on any atom is -0.369 e. The molecule has 0 amide bonds. The van der Waals surface area contributed by atoms with Crippen LogP contribution >= 0.6 is 0 Å². The molecule has 4 heterocycles. The number of aromatic nitrogens is 2. The van der Waals surface area contributed by atoms with Crippen molar-refractivity contribution in [3.8, 4) is 6.07 Å². The summed E-state index contributed by atoms with van der Waals surface area (Å²) in [5, 5.41) is 17.7. The molecule has 2 aromatic heterocycles. The molecule has 0 spiro atoms. The molecule has 2 unspecified atom stereocenters. The molecule has 0 radical (unpaired) electrons. The Hall–Kier alpha value is -3.21. The van der Waals surface area contributed by atoms with Gasteiger partial charge >= 0.3 is 0 Å². The van der Waals surface area contributed by atoms with Crippen LogP contribution in [0, 0.1) is 17.2 Å². The topological polar surface area (TPSA) is 80.1 Å². The molecule has 1 aromatic carbocycles. The van der Waals surface area contributed by atoms with Crippen molar-refractivity contribution in [3.05, 3.63) is 59.9 Å². The number of nitrogens with one attached hydrogen (secondary N) is 2. The zero-order valence-electron chi connectivity index (χ0n) is 19.2. The smallest absolute Gasteiger partial charge is 0.128 e. The number of piperidine rings is 1. The lowest BCUT2D eigenvalue weighted by Crippen LogP contribution is -2.48. The van der Waals surface area contributed by atoms with Crippen LogP contribution in [0.1, 0.15) is 24.5 Å². The highest BCUT2D eigenvalue weighted by Gasteiger charge is 2.26. The second kappa shape index (κ2) is 9.74. The van der Waals surface area contributed by atoms with E-state index in [0.29, 0.717) is 17.5 Å². The summed E-state index contributed by atoms with van der Waals surface area (Å²) in [6, 6.07) is 15.0. The van der Waals surface area contributed by atoms with Gasteiger partial charge in [0.15, 0.2) is 0 Å². The highest BCUT2D eigenvalue weighted by Crippen LogP contribution is 2.31. The number of anilines is 2. The maximum atomic E-state index is 9.47. The van der Waals surface area contributed by atoms with Crippen LogP contribution in [-0.2, 0) is 6.54 Å². The van der Waals surface area contributed by atoms with E-state index in [1.54, 1.807) is 6.20 Å². The van der Waals surface area contributed by atoms with Crippen molar-refractivity contribution in [3.63, 3.8) is 0 Å². The van der Waals surface area contributed by atoms with Gasteiger partial charge in [-0.15, -0.1) is 0 Å². The number of rotatable bonds is 5. The quantitative estimate of drug-likeness (QED) is 0.630. The fourth-order valence-electron chi connectivity index (χ4n) is 5.08. The number of nitrogens with zero attached hydrogens (tertiary/aromatic N) is 5. The van der Waals surface area contributed by atoms with Crippen molar-refractivity contribution in [2.75, 3.05) is 49.1 Å². The van der Waals surface area contributed by atoms with Gasteiger partial charge in [-0.3, -0.25) is 4.98 Å². The maximum absolute atomic E-state index is 9.47. The SMILES string of the molecule is CC1CC(NCc2ccc(N3CCNCC3)nc2)CN(c2ccc(C#N)c3ncccc23)C1. The average Bonchev–Trinajstić information content (AvgIpc) is 2.87. The fourth-order valence-corrected chi connectivity index (χ4v) is 5.08. The normalized spacial score (nSPS) is 21.2. The van der Waals surface area contributed by atoms with Gasteiger partial charge in [-0.2, -0.15) is 5.26 Å². The number of pyridine rings is 2. The van der Waals surface area contributed by atoms with Crippen molar-refractivity contribution in [2.45, 2.75) is 25.9 Å². The van der Waals surface area contributed by atoms with Crippen molar-refractivity contribution in [1.29, 1.82) is 5.26 Å². The summed E-state index contributed by atoms with van der Waals surface area (Å²) in [6.45, 7) is 9.14. The summed E-state index contributed by atoms with van der Waals surface area (Å²) < 4.78 is 0. The Morgan fingerprint density at radius 2 is 1.97 bits per heavy atom. The summed E-state index contributed by atoms with van der Waals surface area (Å²) in [6.07, 6.45) is 4.92. The number of benzene rings is 1. The van der Waals surface area contributed by atoms with Gasteiger partial charge < -0.3 is 20.4 Å². The largest absolute Gasteiger partial charge is 0.369 e. The standard InChI is InChI=1S/C26H31N7/c1-19-13-22(30-15-20-4-7-25(31-16-20)32-11-9-28-10-12-32)18-33(17-19)24-6-5-21(14-27)26-23(24)3-2-8-29-26/h2-8,16,19,22,28,30H,9-13,15,17-18H2,1H3. The highest BCUT2D eigenvalue weighted by molar-refractivity contribution is 5.95. The fraction of sp³-hybridized carbons (Fsp3) is 0.423. The zero-order valence-corrected chi connectivity index (χ0v) is 19.2. The van der Waals surface area contributed by atoms with Gasteiger partial charge in [0.25, 0.3) is 0 Å². The van der Waals surface area contributed by atoms with Crippen LogP contribution in [0.4, 0.5) is 11.5 Å². The van der Waals surface area contributed by atoms with E-state index in [1.807, 2.05) is 18.3 Å². The van der Waals surface area contributed by atoms with E-state index in [1.165, 1.54) is 5.56 Å². The van der Waals surface area contributed by atoms with Crippen LogP contribution in [0.15, 0.2) is 48.8 Å². The van der Waals surface area contributed by atoms with Crippen molar-refractivity contribution in [2.24, 2.45) is 5.92 Å². The van der Waals surface area contributed by atoms with Crippen LogP contribution in [0.25, 0.3) is 10.9 Å². The molecule has 3 aromatic rings. The Bertz CT molecular complexity index is 1130. The number of hydrogen-bond acceptors (Lipinski definition) is 7. The van der Waals surface area contributed by atoms with E-state index < -0.39 is 0 Å². The Balaban J connectivity index is 1.26. The molecule has 5 rings (SSSR count). The first-order valence-electron chi connectivity index (χ1n) is 11.9. The summed E-state index contributed by atoms with van der Waals surface area (Å²) in [5.41, 5.74) is 3.80. The molecular formula is C26H31N7. The Labute approximate surface area is 195 Å². The lowest BCUT2D eigenvalue weighted by molar-refractivity contribution is 0.350. The molecule has 2 N–H and O–H groups in total. The van der Waals surface area contributed by atoms with E-state index in [4.69, 9.17) is 4.98 Å². The van der Waals surface area contributed by atoms with Crippen LogP contribution in [0.2, 0.25) is 0 Å². The number of hydrogen-bond donors (Lipinski definition) is 2. The second-order valence-electron chi connectivity index (χ2n) is 9.23. The molecule has 2 aliphatic rings. The molecule has 2 aliphatic heterocycles. The molecule has 33 heavy (non-hydrogen) atoms. The summed E-state index contributed by atoms with van der Waals surface area (Å²) in [7, 11) is 0. The minimum atomic E-state index is 0.393. The van der Waals surface area contributed by atoms with Crippen LogP contribution in [0.5, 0.6) is 0 Å². The Kier molecular flexibility index (Phi) is 6.38. The highest BCUT2D eigenvalue weighted by atomic mass is 15.2. The van der Waals surface area contributed by atoms with Crippen molar-refractivity contribution in [1.82, 2.24) is 20.6 Å². The van der Waals surface area contributed by atoms with Crippen LogP contribution in [-0.4, -0.2) is 55.3 Å². The first-order valence-corrected chi connectivity index (χ1v) is 11.9. The van der Waals surface area contributed by atoms with Crippen molar-refractivity contribution < 1.29 is 0 Å². The third-order valence-corrected chi connectivity index (χ3v) is 6.71. The molecule has 2 saturated heterocycles. The molecule has 170 valence electrons. The monoisotopic (exact) mass is 441 g/mol. The van der Waals surface area contributed by atoms with Gasteiger partial charge in [0.05, 0.1) is 11.1 Å². The number of piperazine rings is 1. The summed E-state index contributed by atoms with van der Waals surface area (Å²) in [4.78, 5) is 14.0. The number of nitriles is 1. The summed E-state index contributed by atoms with van der Waals surface area (Å²) in [5.74, 6) is 1.64. The molecular weight excluding hydrogens is 410 g/mol. The molecule has 2 fully saturated rings. The third-order valence-electron chi connectivity index (χ3n) is 6.71. The van der Waals surface area contributed by atoms with Gasteiger partial charge in [-0.05, 0) is 48.2 Å². The van der Waals surface area contributed by atoms with E-state index >= 15 is 0 Å². The van der Waals surface area contributed by atoms with Gasteiger partial charge in [-0.1, -0.05) is 13.0 Å². The van der Waals surface area contributed by atoms with E-state index in [-0.39, 0.29) is 0 Å². The average molecular weight is 442 g/mol. The lowest BCUT2D eigenvalue weighted by atomic mass is 9.94. The van der Waals surface area contributed by atoms with Crippen LogP contribution < -0.4 is 20.4 Å². The molecule has 0 aliphatic carbocycles.